The van der Waals surface area contributed by atoms with Gasteiger partial charge in [-0.05, 0) is 42.8 Å². The van der Waals surface area contributed by atoms with E-state index in [1.165, 1.54) is 25.3 Å². The van der Waals surface area contributed by atoms with Gasteiger partial charge in [0.15, 0.2) is 0 Å². The first kappa shape index (κ1) is 23.8. The number of hydrogen-bond donors (Lipinski definition) is 2. The number of thioether (sulfide) groups is 1. The van der Waals surface area contributed by atoms with Crippen molar-refractivity contribution in [3.05, 3.63) is 57.6 Å². The third-order valence-corrected chi connectivity index (χ3v) is 7.08. The Kier molecular flexibility index (Phi) is 9.10. The van der Waals surface area contributed by atoms with E-state index in [1.54, 1.807) is 30.8 Å². The number of amides is 1. The van der Waals surface area contributed by atoms with E-state index in [0.29, 0.717) is 33.8 Å². The molecule has 6 nitrogen and oxygen atoms in total. The van der Waals surface area contributed by atoms with Gasteiger partial charge in [-0.1, -0.05) is 29.3 Å². The number of carbonyl (C=O) groups excluding carboxylic acids is 1. The minimum atomic E-state index is -3.75. The minimum Gasteiger partial charge on any atom is -0.496 e. The van der Waals surface area contributed by atoms with Crippen LogP contribution in [0.5, 0.6) is 5.75 Å². The Hall–Kier alpha value is -1.45. The molecule has 0 unspecified atom stereocenters. The molecule has 0 saturated carbocycles. The molecule has 0 aliphatic rings. The molecule has 0 heterocycles. The fraction of sp³-hybridized carbons (Fsp3) is 0.316. The summed E-state index contributed by atoms with van der Waals surface area (Å²) in [6.07, 6.45) is 0. The SMILES string of the molecule is CCNC(=O)c1cc(S(=O)(=O)NCCSCc2ccc(Cl)c(Cl)c2)ccc1OC. The molecule has 0 aliphatic heterocycles. The lowest BCUT2D eigenvalue weighted by Crippen LogP contribution is -2.27. The summed E-state index contributed by atoms with van der Waals surface area (Å²) in [7, 11) is -2.32. The van der Waals surface area contributed by atoms with Crippen LogP contribution in [0, 0.1) is 0 Å². The average molecular weight is 477 g/mol. The Morgan fingerprint density at radius 3 is 2.55 bits per heavy atom. The predicted molar refractivity (Wildman–Crippen MR) is 119 cm³/mol. The zero-order valence-corrected chi connectivity index (χ0v) is 19.1. The highest BCUT2D eigenvalue weighted by atomic mass is 35.5. The van der Waals surface area contributed by atoms with Crippen LogP contribution in [0.4, 0.5) is 0 Å². The molecule has 0 atom stereocenters. The molecule has 1 amide bonds. The molecule has 0 spiro atoms. The molecule has 2 rings (SSSR count). The molecule has 0 radical (unpaired) electrons. The average Bonchev–Trinajstić information content (AvgIpc) is 2.70. The van der Waals surface area contributed by atoms with Crippen molar-refractivity contribution < 1.29 is 17.9 Å². The molecular formula is C19H22Cl2N2O4S2. The quantitative estimate of drug-likeness (QED) is 0.506. The number of halogens is 2. The summed E-state index contributed by atoms with van der Waals surface area (Å²) in [4.78, 5) is 12.2. The predicted octanol–water partition coefficient (Wildman–Crippen LogP) is 3.96. The lowest BCUT2D eigenvalue weighted by atomic mass is 10.2. The van der Waals surface area contributed by atoms with Crippen molar-refractivity contribution in [3.63, 3.8) is 0 Å². The van der Waals surface area contributed by atoms with Crippen molar-refractivity contribution >= 4 is 50.9 Å². The van der Waals surface area contributed by atoms with Crippen molar-refractivity contribution in [1.29, 1.82) is 0 Å². The number of sulfonamides is 1. The van der Waals surface area contributed by atoms with Crippen molar-refractivity contribution in [2.45, 2.75) is 17.6 Å². The molecule has 0 fully saturated rings. The van der Waals surface area contributed by atoms with Crippen LogP contribution >= 0.6 is 35.0 Å². The number of nitrogens with one attached hydrogen (secondary N) is 2. The van der Waals surface area contributed by atoms with Gasteiger partial charge < -0.3 is 10.1 Å². The van der Waals surface area contributed by atoms with E-state index in [9.17, 15) is 13.2 Å². The van der Waals surface area contributed by atoms with Crippen LogP contribution in [-0.4, -0.2) is 40.3 Å². The van der Waals surface area contributed by atoms with Crippen molar-refractivity contribution in [3.8, 4) is 5.75 Å². The monoisotopic (exact) mass is 476 g/mol. The van der Waals surface area contributed by atoms with Gasteiger partial charge in [0.2, 0.25) is 10.0 Å². The number of ether oxygens (including phenoxy) is 1. The second-order valence-corrected chi connectivity index (χ2v) is 9.61. The molecule has 158 valence electrons. The number of benzene rings is 2. The summed E-state index contributed by atoms with van der Waals surface area (Å²) in [5.74, 6) is 1.17. The van der Waals surface area contributed by atoms with Crippen LogP contribution < -0.4 is 14.8 Å². The molecule has 0 bridgehead atoms. The van der Waals surface area contributed by atoms with Gasteiger partial charge in [0.25, 0.3) is 5.91 Å². The third kappa shape index (κ3) is 6.79. The Balaban J connectivity index is 1.95. The normalized spacial score (nSPS) is 11.3. The van der Waals surface area contributed by atoms with Crippen molar-refractivity contribution in [2.75, 3.05) is 26.0 Å². The first-order chi connectivity index (χ1) is 13.8. The highest BCUT2D eigenvalue weighted by Crippen LogP contribution is 2.25. The van der Waals surface area contributed by atoms with E-state index < -0.39 is 15.9 Å². The first-order valence-electron chi connectivity index (χ1n) is 8.76. The van der Waals surface area contributed by atoms with Gasteiger partial charge in [0.05, 0.1) is 27.6 Å². The molecule has 29 heavy (non-hydrogen) atoms. The van der Waals surface area contributed by atoms with E-state index in [1.807, 2.05) is 6.07 Å². The Labute approximate surface area is 185 Å². The highest BCUT2D eigenvalue weighted by Gasteiger charge is 2.19. The van der Waals surface area contributed by atoms with Crippen LogP contribution in [0.2, 0.25) is 10.0 Å². The van der Waals surface area contributed by atoms with E-state index in [0.717, 1.165) is 5.56 Å². The lowest BCUT2D eigenvalue weighted by Gasteiger charge is -2.12. The Morgan fingerprint density at radius 2 is 1.90 bits per heavy atom. The molecular weight excluding hydrogens is 455 g/mol. The second-order valence-electron chi connectivity index (χ2n) is 5.92. The first-order valence-corrected chi connectivity index (χ1v) is 12.2. The second kappa shape index (κ2) is 11.1. The van der Waals surface area contributed by atoms with Crippen LogP contribution in [-0.2, 0) is 15.8 Å². The van der Waals surface area contributed by atoms with E-state index >= 15 is 0 Å². The van der Waals surface area contributed by atoms with Crippen LogP contribution in [0.3, 0.4) is 0 Å². The van der Waals surface area contributed by atoms with E-state index in [2.05, 4.69) is 10.0 Å². The largest absolute Gasteiger partial charge is 0.496 e. The van der Waals surface area contributed by atoms with E-state index in [4.69, 9.17) is 27.9 Å². The van der Waals surface area contributed by atoms with Crippen LogP contribution in [0.15, 0.2) is 41.3 Å². The summed E-state index contributed by atoms with van der Waals surface area (Å²) in [5, 5.41) is 3.64. The number of carbonyl (C=O) groups is 1. The summed E-state index contributed by atoms with van der Waals surface area (Å²) < 4.78 is 32.8. The zero-order chi connectivity index (χ0) is 21.4. The molecule has 2 N–H and O–H groups in total. The molecule has 0 aromatic heterocycles. The summed E-state index contributed by atoms with van der Waals surface area (Å²) in [6, 6.07) is 9.60. The smallest absolute Gasteiger partial charge is 0.255 e. The third-order valence-electron chi connectivity index (χ3n) is 3.85. The highest BCUT2D eigenvalue weighted by molar-refractivity contribution is 7.98. The van der Waals surface area contributed by atoms with Crippen molar-refractivity contribution in [1.82, 2.24) is 10.0 Å². The maximum Gasteiger partial charge on any atom is 0.255 e. The lowest BCUT2D eigenvalue weighted by molar-refractivity contribution is 0.0952. The fourth-order valence-corrected chi connectivity index (χ4v) is 4.75. The number of rotatable bonds is 10. The molecule has 0 saturated heterocycles. The van der Waals surface area contributed by atoms with Gasteiger partial charge in [-0.25, -0.2) is 13.1 Å². The standard InChI is InChI=1S/C19H22Cl2N2O4S2/c1-3-22-19(24)15-11-14(5-7-18(15)27-2)29(25,26)23-8-9-28-12-13-4-6-16(20)17(21)10-13/h4-7,10-11,23H,3,8-9,12H2,1-2H3,(H,22,24). The number of hydrogen-bond acceptors (Lipinski definition) is 5. The summed E-state index contributed by atoms with van der Waals surface area (Å²) >= 11 is 13.4. The van der Waals surface area contributed by atoms with Gasteiger partial charge >= 0.3 is 0 Å². The molecule has 0 aliphatic carbocycles. The van der Waals surface area contributed by atoms with Crippen molar-refractivity contribution in [2.24, 2.45) is 0 Å². The summed E-state index contributed by atoms with van der Waals surface area (Å²) in [5.41, 5.74) is 1.18. The number of methoxy groups -OCH3 is 1. The Morgan fingerprint density at radius 1 is 1.14 bits per heavy atom. The fourth-order valence-electron chi connectivity index (χ4n) is 2.44. The summed E-state index contributed by atoms with van der Waals surface area (Å²) in [6.45, 7) is 2.45. The zero-order valence-electron chi connectivity index (χ0n) is 16.0. The van der Waals surface area contributed by atoms with Gasteiger partial charge in [-0.15, -0.1) is 0 Å². The maximum atomic E-state index is 12.6. The van der Waals surface area contributed by atoms with Gasteiger partial charge in [-0.2, -0.15) is 11.8 Å². The molecule has 10 heteroatoms. The minimum absolute atomic E-state index is 0.00837. The van der Waals surface area contributed by atoms with Gasteiger partial charge in [0.1, 0.15) is 5.75 Å². The van der Waals surface area contributed by atoms with Crippen LogP contribution in [0.25, 0.3) is 0 Å². The topological polar surface area (TPSA) is 84.5 Å². The van der Waals surface area contributed by atoms with Gasteiger partial charge in [-0.3, -0.25) is 4.79 Å². The Bertz CT molecular complexity index is 969. The molecule has 2 aromatic rings. The van der Waals surface area contributed by atoms with Gasteiger partial charge in [0, 0.05) is 24.6 Å². The van der Waals surface area contributed by atoms with Crippen LogP contribution in [0.1, 0.15) is 22.8 Å². The molecule has 2 aromatic carbocycles. The maximum absolute atomic E-state index is 12.6. The van der Waals surface area contributed by atoms with E-state index in [-0.39, 0.29) is 17.0 Å².